The largest absolute Gasteiger partial charge is 0.368 e. The normalized spacial score (nSPS) is 10.9. The molecule has 1 rings (SSSR count). The average molecular weight is 286 g/mol. The van der Waals surface area contributed by atoms with Gasteiger partial charge in [0.05, 0.1) is 0 Å². The van der Waals surface area contributed by atoms with E-state index in [1.807, 2.05) is 32.8 Å². The van der Waals surface area contributed by atoms with Crippen molar-refractivity contribution in [3.05, 3.63) is 17.7 Å². The van der Waals surface area contributed by atoms with Gasteiger partial charge in [-0.05, 0) is 40.9 Å². The molecule has 0 fully saturated rings. The van der Waals surface area contributed by atoms with Crippen LogP contribution in [-0.2, 0) is 0 Å². The van der Waals surface area contributed by atoms with Crippen LogP contribution >= 0.6 is 0 Å². The Morgan fingerprint density at radius 2 is 1.85 bits per heavy atom. The molecule has 6 heteroatoms. The molecule has 0 radical (unpaired) electrons. The molecule has 0 saturated heterocycles. The molecule has 0 bridgehead atoms. The zero-order chi connectivity index (χ0) is 15.1. The summed E-state index contributed by atoms with van der Waals surface area (Å²) >= 11 is 0. The highest BCUT2D eigenvalue weighted by molar-refractivity contribution is 5.49. The van der Waals surface area contributed by atoms with Crippen LogP contribution in [0.3, 0.4) is 0 Å². The molecule has 1 aromatic rings. The van der Waals surface area contributed by atoms with Crippen molar-refractivity contribution in [1.29, 1.82) is 0 Å². The van der Waals surface area contributed by atoms with Gasteiger partial charge in [0.25, 0.3) is 0 Å². The van der Waals surface area contributed by atoms with Crippen molar-refractivity contribution < 1.29 is 8.78 Å². The summed E-state index contributed by atoms with van der Waals surface area (Å²) in [7, 11) is 3.99. The van der Waals surface area contributed by atoms with E-state index in [4.69, 9.17) is 0 Å². The van der Waals surface area contributed by atoms with E-state index in [1.165, 1.54) is 0 Å². The van der Waals surface area contributed by atoms with Gasteiger partial charge >= 0.3 is 0 Å². The van der Waals surface area contributed by atoms with Crippen LogP contribution in [0.25, 0.3) is 0 Å². The summed E-state index contributed by atoms with van der Waals surface area (Å²) in [6.45, 7) is 6.57. The minimum absolute atomic E-state index is 0.106. The van der Waals surface area contributed by atoms with Crippen molar-refractivity contribution in [3.63, 3.8) is 0 Å². The average Bonchev–Trinajstić information content (AvgIpc) is 2.38. The molecule has 1 aromatic heterocycles. The standard InChI is InChI=1S/C14H24F2N4/c1-5-17-13-11(15)10-12(16)14(18-13)20(6-2)9-7-8-19(3)4/h10H,5-9H2,1-4H3,(H,17,18). The zero-order valence-electron chi connectivity index (χ0n) is 12.7. The predicted octanol–water partition coefficient (Wildman–Crippen LogP) is 2.57. The monoisotopic (exact) mass is 286 g/mol. The maximum Gasteiger partial charge on any atom is 0.168 e. The molecule has 1 heterocycles. The molecule has 0 spiro atoms. The van der Waals surface area contributed by atoms with Crippen molar-refractivity contribution >= 4 is 11.6 Å². The van der Waals surface area contributed by atoms with Crippen molar-refractivity contribution in [1.82, 2.24) is 9.88 Å². The summed E-state index contributed by atoms with van der Waals surface area (Å²) in [5.74, 6) is -0.952. The summed E-state index contributed by atoms with van der Waals surface area (Å²) < 4.78 is 27.5. The van der Waals surface area contributed by atoms with Gasteiger partial charge in [0.15, 0.2) is 23.3 Å². The van der Waals surface area contributed by atoms with Crippen LogP contribution in [0.2, 0.25) is 0 Å². The zero-order valence-corrected chi connectivity index (χ0v) is 12.7. The number of aromatic nitrogens is 1. The third-order valence-electron chi connectivity index (χ3n) is 2.97. The van der Waals surface area contributed by atoms with Gasteiger partial charge in [-0.1, -0.05) is 0 Å². The summed E-state index contributed by atoms with van der Waals surface area (Å²) in [5.41, 5.74) is 0. The summed E-state index contributed by atoms with van der Waals surface area (Å²) in [4.78, 5) is 7.99. The molecule has 0 amide bonds. The van der Waals surface area contributed by atoms with Gasteiger partial charge in [0, 0.05) is 25.7 Å². The van der Waals surface area contributed by atoms with Gasteiger partial charge in [0.2, 0.25) is 0 Å². The highest BCUT2D eigenvalue weighted by atomic mass is 19.1. The molecule has 0 unspecified atom stereocenters. The minimum Gasteiger partial charge on any atom is -0.368 e. The first-order valence-electron chi connectivity index (χ1n) is 6.99. The first-order valence-corrected chi connectivity index (χ1v) is 6.99. The van der Waals surface area contributed by atoms with Crippen molar-refractivity contribution in [2.24, 2.45) is 0 Å². The molecule has 0 aliphatic heterocycles. The quantitative estimate of drug-likeness (QED) is 0.796. The number of anilines is 2. The maximum atomic E-state index is 13.9. The number of hydrogen-bond donors (Lipinski definition) is 1. The van der Waals surface area contributed by atoms with E-state index in [1.54, 1.807) is 0 Å². The molecule has 0 saturated carbocycles. The summed E-state index contributed by atoms with van der Waals surface area (Å²) in [6.07, 6.45) is 0.899. The van der Waals surface area contributed by atoms with Crippen LogP contribution in [0.4, 0.5) is 20.4 Å². The number of pyridine rings is 1. The maximum absolute atomic E-state index is 13.9. The van der Waals surface area contributed by atoms with Crippen LogP contribution in [0.1, 0.15) is 20.3 Å². The molecule has 20 heavy (non-hydrogen) atoms. The lowest BCUT2D eigenvalue weighted by Crippen LogP contribution is -2.29. The van der Waals surface area contributed by atoms with Crippen LogP contribution in [0.5, 0.6) is 0 Å². The second-order valence-corrected chi connectivity index (χ2v) is 4.89. The number of hydrogen-bond acceptors (Lipinski definition) is 4. The lowest BCUT2D eigenvalue weighted by atomic mass is 10.3. The first kappa shape index (κ1) is 16.6. The molecule has 0 atom stereocenters. The summed E-state index contributed by atoms with van der Waals surface area (Å²) in [6, 6.07) is 0.898. The summed E-state index contributed by atoms with van der Waals surface area (Å²) in [5, 5.41) is 2.81. The molecule has 114 valence electrons. The van der Waals surface area contributed by atoms with Gasteiger partial charge < -0.3 is 15.1 Å². The van der Waals surface area contributed by atoms with Gasteiger partial charge in [-0.25, -0.2) is 13.8 Å². The van der Waals surface area contributed by atoms with Gasteiger partial charge in [-0.15, -0.1) is 0 Å². The first-order chi connectivity index (χ1) is 9.49. The van der Waals surface area contributed by atoms with E-state index in [2.05, 4.69) is 15.2 Å². The Bertz CT molecular complexity index is 424. The Hall–Kier alpha value is -1.43. The number of rotatable bonds is 8. The molecule has 0 aliphatic rings. The Kier molecular flexibility index (Phi) is 6.64. The van der Waals surface area contributed by atoms with E-state index in [-0.39, 0.29) is 11.6 Å². The van der Waals surface area contributed by atoms with Gasteiger partial charge in [-0.3, -0.25) is 0 Å². The van der Waals surface area contributed by atoms with Crippen LogP contribution in [-0.4, -0.2) is 50.2 Å². The molecule has 0 aliphatic carbocycles. The fourth-order valence-electron chi connectivity index (χ4n) is 1.96. The van der Waals surface area contributed by atoms with Crippen molar-refractivity contribution in [2.45, 2.75) is 20.3 Å². The van der Waals surface area contributed by atoms with Gasteiger partial charge in [0.1, 0.15) is 0 Å². The highest BCUT2D eigenvalue weighted by Crippen LogP contribution is 2.22. The van der Waals surface area contributed by atoms with Crippen molar-refractivity contribution in [3.8, 4) is 0 Å². The van der Waals surface area contributed by atoms with Crippen molar-refractivity contribution in [2.75, 3.05) is 50.5 Å². The smallest absolute Gasteiger partial charge is 0.168 e. The Morgan fingerprint density at radius 3 is 2.40 bits per heavy atom. The van der Waals surface area contributed by atoms with E-state index >= 15 is 0 Å². The van der Waals surface area contributed by atoms with Crippen LogP contribution in [0, 0.1) is 11.6 Å². The lowest BCUT2D eigenvalue weighted by Gasteiger charge is -2.24. The van der Waals surface area contributed by atoms with E-state index < -0.39 is 11.6 Å². The Morgan fingerprint density at radius 1 is 1.15 bits per heavy atom. The third-order valence-corrected chi connectivity index (χ3v) is 2.97. The molecular weight excluding hydrogens is 262 g/mol. The lowest BCUT2D eigenvalue weighted by molar-refractivity contribution is 0.400. The van der Waals surface area contributed by atoms with E-state index in [9.17, 15) is 8.78 Å². The van der Waals surface area contributed by atoms with Gasteiger partial charge in [-0.2, -0.15) is 0 Å². The second-order valence-electron chi connectivity index (χ2n) is 4.89. The van der Waals surface area contributed by atoms with Crippen LogP contribution < -0.4 is 10.2 Å². The number of nitrogens with zero attached hydrogens (tertiary/aromatic N) is 3. The fraction of sp³-hybridized carbons (Fsp3) is 0.643. The van der Waals surface area contributed by atoms with Crippen LogP contribution in [0.15, 0.2) is 6.07 Å². The van der Waals surface area contributed by atoms with E-state index in [0.717, 1.165) is 19.0 Å². The number of nitrogens with one attached hydrogen (secondary N) is 1. The van der Waals surface area contributed by atoms with E-state index in [0.29, 0.717) is 19.6 Å². The molecule has 4 nitrogen and oxygen atoms in total. The Labute approximate surface area is 119 Å². The topological polar surface area (TPSA) is 31.4 Å². The Balaban J connectivity index is 2.87. The third kappa shape index (κ3) is 4.59. The molecular formula is C14H24F2N4. The second kappa shape index (κ2) is 7.99. The molecule has 1 N–H and O–H groups in total. The highest BCUT2D eigenvalue weighted by Gasteiger charge is 2.16. The number of halogens is 2. The fourth-order valence-corrected chi connectivity index (χ4v) is 1.96. The molecule has 0 aromatic carbocycles. The minimum atomic E-state index is -0.655. The predicted molar refractivity (Wildman–Crippen MR) is 79.4 cm³/mol. The SMILES string of the molecule is CCNc1nc(N(CC)CCCN(C)C)c(F)cc1F.